The van der Waals surface area contributed by atoms with E-state index in [2.05, 4.69) is 15.5 Å². The van der Waals surface area contributed by atoms with E-state index < -0.39 is 0 Å². The molecule has 0 spiro atoms. The fourth-order valence-corrected chi connectivity index (χ4v) is 2.42. The maximum absolute atomic E-state index is 12.3. The number of nitrogens with one attached hydrogen (secondary N) is 1. The van der Waals surface area contributed by atoms with E-state index in [4.69, 9.17) is 16.3 Å². The van der Waals surface area contributed by atoms with Crippen LogP contribution in [0.5, 0.6) is 11.6 Å². The van der Waals surface area contributed by atoms with Crippen LogP contribution >= 0.6 is 11.6 Å². The molecule has 0 aliphatic rings. The number of ether oxygens (including phenoxy) is 1. The minimum absolute atomic E-state index is 0.133. The van der Waals surface area contributed by atoms with Gasteiger partial charge in [0.25, 0.3) is 0 Å². The van der Waals surface area contributed by atoms with Crippen molar-refractivity contribution in [1.82, 2.24) is 10.2 Å². The van der Waals surface area contributed by atoms with Crippen LogP contribution in [0.1, 0.15) is 22.8 Å². The van der Waals surface area contributed by atoms with E-state index in [0.717, 1.165) is 5.56 Å². The predicted octanol–water partition coefficient (Wildman–Crippen LogP) is 4.78. The van der Waals surface area contributed by atoms with E-state index in [0.29, 0.717) is 28.0 Å². The predicted molar refractivity (Wildman–Crippen MR) is 108 cm³/mol. The highest BCUT2D eigenvalue weighted by Crippen LogP contribution is 2.20. The Morgan fingerprint density at radius 1 is 0.964 bits per heavy atom. The number of hydrogen-bond donors (Lipinski definition) is 1. The summed E-state index contributed by atoms with van der Waals surface area (Å²) >= 11 is 5.69. The molecule has 0 saturated carbocycles. The summed E-state index contributed by atoms with van der Waals surface area (Å²) in [6.45, 7) is 1.43. The largest absolute Gasteiger partial charge is 0.438 e. The highest BCUT2D eigenvalue weighted by molar-refractivity contribution is 6.29. The molecule has 28 heavy (non-hydrogen) atoms. The van der Waals surface area contributed by atoms with Crippen molar-refractivity contribution in [2.45, 2.75) is 6.92 Å². The van der Waals surface area contributed by atoms with E-state index in [-0.39, 0.29) is 11.7 Å². The summed E-state index contributed by atoms with van der Waals surface area (Å²) in [7, 11) is 0. The second kappa shape index (κ2) is 8.92. The molecule has 3 rings (SSSR count). The van der Waals surface area contributed by atoms with Crippen molar-refractivity contribution in [3.05, 3.63) is 83.0 Å². The number of halogens is 1. The van der Waals surface area contributed by atoms with E-state index in [1.54, 1.807) is 54.6 Å². The van der Waals surface area contributed by atoms with Crippen LogP contribution in [0.3, 0.4) is 0 Å². The number of carbonyl (C=O) groups excluding carboxylic acids is 2. The highest BCUT2D eigenvalue weighted by Gasteiger charge is 2.03. The number of allylic oxidation sites excluding steroid dienone is 1. The number of aromatic nitrogens is 2. The molecule has 140 valence electrons. The number of ketones is 1. The van der Waals surface area contributed by atoms with Crippen LogP contribution in [-0.2, 0) is 4.79 Å². The molecule has 0 radical (unpaired) electrons. The van der Waals surface area contributed by atoms with Crippen LogP contribution in [0.4, 0.5) is 5.69 Å². The molecule has 3 aromatic rings. The Morgan fingerprint density at radius 2 is 1.68 bits per heavy atom. The van der Waals surface area contributed by atoms with Gasteiger partial charge in [-0.1, -0.05) is 29.8 Å². The first-order valence-electron chi connectivity index (χ1n) is 8.37. The van der Waals surface area contributed by atoms with Crippen molar-refractivity contribution in [2.24, 2.45) is 0 Å². The molecule has 0 aliphatic carbocycles. The lowest BCUT2D eigenvalue weighted by Gasteiger charge is -2.04. The number of rotatable bonds is 6. The first kappa shape index (κ1) is 19.3. The molecule has 2 aromatic carbocycles. The Kier molecular flexibility index (Phi) is 6.14. The smallest absolute Gasteiger partial charge is 0.238 e. The fourth-order valence-electron chi connectivity index (χ4n) is 2.32. The van der Waals surface area contributed by atoms with Crippen molar-refractivity contribution < 1.29 is 14.3 Å². The van der Waals surface area contributed by atoms with Crippen LogP contribution in [0.2, 0.25) is 5.15 Å². The average Bonchev–Trinajstić information content (AvgIpc) is 2.69. The topological polar surface area (TPSA) is 81.2 Å². The van der Waals surface area contributed by atoms with Gasteiger partial charge in [-0.15, -0.1) is 10.2 Å². The minimum atomic E-state index is -0.158. The van der Waals surface area contributed by atoms with Gasteiger partial charge in [0, 0.05) is 24.2 Å². The zero-order chi connectivity index (χ0) is 19.9. The molecule has 7 heteroatoms. The third kappa shape index (κ3) is 5.49. The summed E-state index contributed by atoms with van der Waals surface area (Å²) in [5, 5.41) is 10.5. The molecule has 0 aliphatic heterocycles. The molecule has 6 nitrogen and oxygen atoms in total. The number of nitrogens with zero attached hydrogens (tertiary/aromatic N) is 2. The monoisotopic (exact) mass is 393 g/mol. The van der Waals surface area contributed by atoms with Crippen LogP contribution < -0.4 is 10.1 Å². The van der Waals surface area contributed by atoms with Crippen molar-refractivity contribution in [3.63, 3.8) is 0 Å². The highest BCUT2D eigenvalue weighted by atomic mass is 35.5. The minimum Gasteiger partial charge on any atom is -0.438 e. The van der Waals surface area contributed by atoms with Gasteiger partial charge in [0.1, 0.15) is 5.75 Å². The quantitative estimate of drug-likeness (QED) is 0.481. The van der Waals surface area contributed by atoms with Gasteiger partial charge in [0.05, 0.1) is 0 Å². The lowest BCUT2D eigenvalue weighted by Crippen LogP contribution is -2.05. The molecular formula is C21H16ClN3O3. The van der Waals surface area contributed by atoms with Gasteiger partial charge < -0.3 is 10.1 Å². The molecule has 1 N–H and O–H groups in total. The summed E-state index contributed by atoms with van der Waals surface area (Å²) < 4.78 is 5.57. The van der Waals surface area contributed by atoms with Crippen LogP contribution in [0, 0.1) is 0 Å². The van der Waals surface area contributed by atoms with E-state index in [1.165, 1.54) is 13.0 Å². The second-order valence-corrected chi connectivity index (χ2v) is 6.21. The first-order valence-corrected chi connectivity index (χ1v) is 8.74. The number of hydrogen-bond acceptors (Lipinski definition) is 5. The van der Waals surface area contributed by atoms with Gasteiger partial charge in [-0.25, -0.2) is 0 Å². The summed E-state index contributed by atoms with van der Waals surface area (Å²) in [6, 6.07) is 17.1. The van der Waals surface area contributed by atoms with E-state index in [9.17, 15) is 9.59 Å². The molecule has 0 saturated heterocycles. The molecule has 0 unspecified atom stereocenters. The molecule has 1 amide bonds. The van der Waals surface area contributed by atoms with Crippen LogP contribution in [-0.4, -0.2) is 21.9 Å². The maximum atomic E-state index is 12.3. The van der Waals surface area contributed by atoms with Crippen LogP contribution in [0.25, 0.3) is 6.08 Å². The maximum Gasteiger partial charge on any atom is 0.238 e. The zero-order valence-electron chi connectivity index (χ0n) is 14.9. The van der Waals surface area contributed by atoms with Gasteiger partial charge in [0.2, 0.25) is 11.8 Å². The van der Waals surface area contributed by atoms with Crippen molar-refractivity contribution in [3.8, 4) is 11.6 Å². The van der Waals surface area contributed by atoms with Gasteiger partial charge in [-0.3, -0.25) is 9.59 Å². The molecule has 0 fully saturated rings. The molecule has 0 atom stereocenters. The van der Waals surface area contributed by atoms with Crippen molar-refractivity contribution in [2.75, 3.05) is 5.32 Å². The van der Waals surface area contributed by atoms with E-state index in [1.807, 2.05) is 12.1 Å². The third-order valence-corrected chi connectivity index (χ3v) is 3.83. The van der Waals surface area contributed by atoms with Crippen molar-refractivity contribution in [1.29, 1.82) is 0 Å². The van der Waals surface area contributed by atoms with Gasteiger partial charge in [-0.2, -0.15) is 0 Å². The standard InChI is InChI=1S/C21H16ClN3O3/c1-14(26)23-17-7-5-16(6-8-17)19(27)11-4-15-2-9-18(10-3-15)28-21-13-12-20(22)24-25-21/h2-13H,1H3,(H,23,26)/b11-4+. The average molecular weight is 394 g/mol. The molecule has 1 heterocycles. The summed E-state index contributed by atoms with van der Waals surface area (Å²) in [5.74, 6) is 0.639. The first-order chi connectivity index (χ1) is 13.5. The van der Waals surface area contributed by atoms with Gasteiger partial charge >= 0.3 is 0 Å². The summed E-state index contributed by atoms with van der Waals surface area (Å²) in [6.07, 6.45) is 3.21. The van der Waals surface area contributed by atoms with Gasteiger partial charge in [0.15, 0.2) is 10.9 Å². The normalized spacial score (nSPS) is 10.6. The second-order valence-electron chi connectivity index (χ2n) is 5.82. The molecule has 1 aromatic heterocycles. The van der Waals surface area contributed by atoms with Crippen molar-refractivity contribution >= 4 is 35.1 Å². The number of anilines is 1. The zero-order valence-corrected chi connectivity index (χ0v) is 15.7. The number of amides is 1. The SMILES string of the molecule is CC(=O)Nc1ccc(C(=O)/C=C/c2ccc(Oc3ccc(Cl)nn3)cc2)cc1. The Morgan fingerprint density at radius 3 is 2.29 bits per heavy atom. The van der Waals surface area contributed by atoms with Gasteiger partial charge in [-0.05, 0) is 54.1 Å². The lowest BCUT2D eigenvalue weighted by atomic mass is 10.1. The Labute approximate surface area is 166 Å². The lowest BCUT2D eigenvalue weighted by molar-refractivity contribution is -0.114. The Hall–Kier alpha value is -3.51. The Balaban J connectivity index is 1.61. The Bertz CT molecular complexity index is 999. The number of benzene rings is 2. The fraction of sp³-hybridized carbons (Fsp3) is 0.0476. The van der Waals surface area contributed by atoms with Crippen LogP contribution in [0.15, 0.2) is 66.7 Å². The summed E-state index contributed by atoms with van der Waals surface area (Å²) in [5.41, 5.74) is 2.03. The van der Waals surface area contributed by atoms with E-state index >= 15 is 0 Å². The summed E-state index contributed by atoms with van der Waals surface area (Å²) in [4.78, 5) is 23.3. The molecule has 0 bridgehead atoms. The molecular weight excluding hydrogens is 378 g/mol. The third-order valence-electron chi connectivity index (χ3n) is 3.63. The number of carbonyl (C=O) groups is 2.